The van der Waals surface area contributed by atoms with Crippen LogP contribution in [-0.4, -0.2) is 0 Å². The van der Waals surface area contributed by atoms with Gasteiger partial charge in [0.2, 0.25) is 0 Å². The molecule has 0 aliphatic rings. The zero-order chi connectivity index (χ0) is 131. The van der Waals surface area contributed by atoms with E-state index in [0.29, 0.717) is 61.3 Å². The van der Waals surface area contributed by atoms with E-state index in [-0.39, 0.29) is 102 Å². The van der Waals surface area contributed by atoms with Gasteiger partial charge in [-0.1, -0.05) is 493 Å². The highest BCUT2D eigenvalue weighted by molar-refractivity contribution is 6.30. The Labute approximate surface area is 895 Å². The second kappa shape index (κ2) is 35.4. The second-order valence-electron chi connectivity index (χ2n) is 36.3. The van der Waals surface area contributed by atoms with Gasteiger partial charge < -0.3 is 13.3 Å². The topological polar surface area (TPSA) is 39.4 Å². The van der Waals surface area contributed by atoms with Crippen LogP contribution >= 0.6 is 0 Å². The summed E-state index contributed by atoms with van der Waals surface area (Å²) in [5.74, 6) is 0. The summed E-state index contributed by atoms with van der Waals surface area (Å²) in [5, 5.41) is 6.38. The SMILES string of the molecule is [2H]c1c([2H])c([2H])c(-c2c([2H])c([2H])c([2H])c3c2oc2c([2H])c([2H])c([2H])c(-c4c5c([2H])c([2H])c([2H])c([2H])c5c(-c5c([2H])c([2H])c([2H])c([2H])c5[2H])c5c([2H])c([2H])c([2H])c([2H])c45)c23)c([2H])c1[2H].[2H]c1c([2H])c([2H])c2c(-c3cccc4ccccc34)c3c([2H])c([2H])c([2H])c([2H])c3c(-c3ccc4oc5c(-c6cc(-c7ccccc7)ccc6-c6ccccc6)cccc5c4c3)c2c1[2H].[2H]c1c([2H])c([2H])c2c(-c3cccc4ccccc34)c3c([2H])c([2H])c([2H])c([2H])c3c(-c3ccc4oc5c(-c6cccc7ccc(C(C)(C)C)cc67)cccc5c4c3)c2c1[2H]. The molecular formula is C142H94O3. The zero-order valence-electron chi connectivity index (χ0n) is 117. The van der Waals surface area contributed by atoms with E-state index in [0.717, 1.165) is 98.4 Å². The van der Waals surface area contributed by atoms with Crippen LogP contribution in [0.5, 0.6) is 0 Å². The van der Waals surface area contributed by atoms with Gasteiger partial charge in [-0.25, -0.2) is 0 Å². The van der Waals surface area contributed by atoms with Crippen LogP contribution in [0, 0.1) is 0 Å². The predicted molar refractivity (Wildman–Crippen MR) is 617 cm³/mol. The summed E-state index contributed by atoms with van der Waals surface area (Å²) >= 11 is 0. The average Bonchev–Trinajstić information content (AvgIpc) is 1.66. The highest BCUT2D eigenvalue weighted by Crippen LogP contribution is 2.54. The largest absolute Gasteiger partial charge is 0.455 e. The lowest BCUT2D eigenvalue weighted by Gasteiger charge is -2.20. The van der Waals surface area contributed by atoms with Crippen molar-refractivity contribution in [1.82, 2.24) is 0 Å². The molecule has 680 valence electrons. The van der Waals surface area contributed by atoms with Crippen molar-refractivity contribution in [2.75, 3.05) is 0 Å². The van der Waals surface area contributed by atoms with Crippen LogP contribution in [0.3, 0.4) is 0 Å². The number of furan rings is 3. The van der Waals surface area contributed by atoms with Gasteiger partial charge in [0.15, 0.2) is 0 Å². The fraction of sp³-hybridized carbons (Fsp3) is 0.0282. The molecule has 0 N–H and O–H groups in total. The molecule has 0 saturated carbocycles. The molecule has 3 aromatic heterocycles. The summed E-state index contributed by atoms with van der Waals surface area (Å²) < 4.78 is 377. The smallest absolute Gasteiger partial charge is 0.143 e. The zero-order valence-corrected chi connectivity index (χ0v) is 77.2. The van der Waals surface area contributed by atoms with Crippen molar-refractivity contribution in [1.29, 1.82) is 0 Å². The minimum atomic E-state index is -0.946. The van der Waals surface area contributed by atoms with Crippen LogP contribution in [0.4, 0.5) is 0 Å². The lowest BCUT2D eigenvalue weighted by molar-refractivity contribution is 0.591. The Hall–Kier alpha value is -18.5. The first kappa shape index (κ1) is 53.7. The minimum Gasteiger partial charge on any atom is -0.455 e. The molecule has 0 aliphatic heterocycles. The van der Waals surface area contributed by atoms with Crippen molar-refractivity contribution in [3.05, 3.63) is 520 Å². The Morgan fingerprint density at radius 3 is 1.01 bits per heavy atom. The van der Waals surface area contributed by atoms with Crippen LogP contribution in [0.1, 0.15) is 81.2 Å². The van der Waals surface area contributed by atoms with E-state index in [1.807, 2.05) is 182 Å². The molecule has 29 rings (SSSR count). The molecule has 26 aromatic carbocycles. The number of hydrogen-bond donors (Lipinski definition) is 0. The van der Waals surface area contributed by atoms with Crippen LogP contribution in [-0.2, 0) is 5.41 Å². The predicted octanol–water partition coefficient (Wildman–Crippen LogP) is 40.8. The third-order valence-corrected chi connectivity index (χ3v) is 27.2. The molecule has 0 bridgehead atoms. The van der Waals surface area contributed by atoms with Crippen molar-refractivity contribution in [2.24, 2.45) is 0 Å². The van der Waals surface area contributed by atoms with Gasteiger partial charge in [-0.05, 0) is 256 Å². The quantitative estimate of drug-likeness (QED) is 0.121. The summed E-state index contributed by atoms with van der Waals surface area (Å²) in [6, 6.07) is 62.3. The Morgan fingerprint density at radius 2 is 0.517 bits per heavy atom. The standard InChI is InChI=1S/C54H34O.C50H36O.C38H24O/c1-3-15-35(16-4-1)38-29-31-41(36-17-5-2-6-18-36)49(33-38)47-27-14-28-48-50-34-39(30-32-51(50)55-54(47)48)52-43-22-9-11-24-45(43)53(46-25-12-10-23-44(46)52)42-26-13-20-37-19-7-8-21-40(37)42;1-50(2,3)34-27-25-32-15-10-21-36(44(32)30-34)42-23-12-24-43-45-29-33(26-28-46(45)51-49(42)43)47-38-17-6-8-19-40(38)48(41-20-9-7-18-39(41)47)37-22-11-14-31-13-4-5-16-35(31)37;1-3-13-25(14-4-1)27-21-11-23-33-37-32(22-12-24-34(37)39-38(27)33)36-30-19-9-7-17-28(30)35(26-15-5-2-6-16-26)29-18-8-10-20-31(29)36/h1-34H;4-30H,1-3H3;1-24H/i9D,10D,11D,12D,22D,23D,24D,25D;6D,7D,8D,9D,17D,18D,19D,20D;1D,2D,3D,4D,5D,6D,7D,8D,9D,10D,11D,12D,13D,14D,15D,16D,17D,18D,19D,20D,21D,22D,23D,24D. The molecule has 3 heterocycles. The van der Waals surface area contributed by atoms with E-state index in [1.165, 1.54) is 5.56 Å². The molecule has 29 aromatic rings. The molecule has 0 unspecified atom stereocenters. The van der Waals surface area contributed by atoms with Crippen molar-refractivity contribution < 1.29 is 68.1 Å². The first-order chi connectivity index (χ1) is 88.2. The van der Waals surface area contributed by atoms with E-state index in [4.69, 9.17) is 50.3 Å². The maximum Gasteiger partial charge on any atom is 0.143 e. The minimum absolute atomic E-state index is 0.0459. The number of hydrogen-bond acceptors (Lipinski definition) is 3. The Morgan fingerprint density at radius 1 is 0.166 bits per heavy atom. The average molecular weight is 1890 g/mol. The number of fused-ring (bicyclic) bond motifs is 18. The van der Waals surface area contributed by atoms with Crippen molar-refractivity contribution in [3.63, 3.8) is 0 Å². The molecule has 3 heteroatoms. The van der Waals surface area contributed by atoms with E-state index in [2.05, 4.69) is 112 Å². The highest BCUT2D eigenvalue weighted by Gasteiger charge is 2.28. The molecule has 0 saturated heterocycles. The van der Waals surface area contributed by atoms with Crippen molar-refractivity contribution in [2.45, 2.75) is 26.2 Å². The highest BCUT2D eigenvalue weighted by atomic mass is 16.3. The summed E-state index contributed by atoms with van der Waals surface area (Å²) in [6.07, 6.45) is 0. The molecule has 0 atom stereocenters. The Balaban J connectivity index is 0.000000129. The van der Waals surface area contributed by atoms with Gasteiger partial charge in [0.05, 0.1) is 54.8 Å². The second-order valence-corrected chi connectivity index (χ2v) is 36.3. The van der Waals surface area contributed by atoms with Crippen molar-refractivity contribution in [3.8, 4) is 122 Å². The van der Waals surface area contributed by atoms with Gasteiger partial charge in [-0.2, -0.15) is 0 Å². The van der Waals surface area contributed by atoms with Crippen LogP contribution in [0.15, 0.2) is 528 Å². The fourth-order valence-electron chi connectivity index (χ4n) is 20.7. The Bertz CT molecular complexity index is 12600. The van der Waals surface area contributed by atoms with Gasteiger partial charge in [-0.15, -0.1) is 0 Å². The Kier molecular flexibility index (Phi) is 13.1. The maximum absolute atomic E-state index is 9.49. The van der Waals surface area contributed by atoms with Crippen LogP contribution in [0.2, 0.25) is 0 Å². The van der Waals surface area contributed by atoms with Crippen LogP contribution in [0.25, 0.3) is 285 Å². The van der Waals surface area contributed by atoms with E-state index in [1.54, 1.807) is 0 Å². The lowest BCUT2D eigenvalue weighted by atomic mass is 9.84. The van der Waals surface area contributed by atoms with Crippen LogP contribution < -0.4 is 0 Å². The normalized spacial score (nSPS) is 15.7. The number of rotatable bonds is 11. The molecular weight excluding hydrogens is 1750 g/mol. The number of benzene rings is 26. The van der Waals surface area contributed by atoms with E-state index < -0.39 is 270 Å². The van der Waals surface area contributed by atoms with E-state index in [9.17, 15) is 17.8 Å². The number of para-hydroxylation sites is 3. The molecule has 0 aliphatic carbocycles. The van der Waals surface area contributed by atoms with Gasteiger partial charge in [0.25, 0.3) is 0 Å². The third-order valence-electron chi connectivity index (χ3n) is 27.2. The molecule has 0 spiro atoms. The molecule has 145 heavy (non-hydrogen) atoms. The van der Waals surface area contributed by atoms with Gasteiger partial charge in [-0.3, -0.25) is 0 Å². The van der Waals surface area contributed by atoms with Gasteiger partial charge in [0.1, 0.15) is 33.5 Å². The molecule has 3 nitrogen and oxygen atoms in total. The van der Waals surface area contributed by atoms with Crippen molar-refractivity contribution >= 4 is 163 Å². The molecule has 0 radical (unpaired) electrons. The first-order valence-electron chi connectivity index (χ1n) is 66.9. The lowest BCUT2D eigenvalue weighted by Crippen LogP contribution is -2.10. The summed E-state index contributed by atoms with van der Waals surface area (Å²) in [4.78, 5) is 0. The maximum atomic E-state index is 9.49. The first-order valence-corrected chi connectivity index (χ1v) is 46.9. The molecule has 0 fully saturated rings. The molecule has 0 amide bonds. The van der Waals surface area contributed by atoms with Gasteiger partial charge in [0, 0.05) is 49.0 Å². The van der Waals surface area contributed by atoms with E-state index >= 15 is 0 Å². The summed E-state index contributed by atoms with van der Waals surface area (Å²) in [5.41, 5.74) is 10.0. The summed E-state index contributed by atoms with van der Waals surface area (Å²) in [7, 11) is 0. The van der Waals surface area contributed by atoms with Gasteiger partial charge >= 0.3 is 0 Å². The third kappa shape index (κ3) is 14.6. The fourth-order valence-corrected chi connectivity index (χ4v) is 20.7. The monoisotopic (exact) mass is 1890 g/mol. The summed E-state index contributed by atoms with van der Waals surface area (Å²) in [6.45, 7) is 6.61.